The van der Waals surface area contributed by atoms with Gasteiger partial charge in [-0.25, -0.2) is 4.98 Å². The maximum absolute atomic E-state index is 13.0. The van der Waals surface area contributed by atoms with Gasteiger partial charge in [0.1, 0.15) is 17.6 Å². The Labute approximate surface area is 138 Å². The van der Waals surface area contributed by atoms with E-state index < -0.39 is 5.41 Å². The molecule has 1 atom stereocenters. The Balaban J connectivity index is 2.06. The number of hydrogen-bond donors (Lipinski definition) is 3. The highest BCUT2D eigenvalue weighted by Gasteiger charge is 2.58. The molecule has 0 radical (unpaired) electrons. The molecule has 0 bridgehead atoms. The molecule has 4 rings (SSSR count). The summed E-state index contributed by atoms with van der Waals surface area (Å²) < 4.78 is 5.73. The molecule has 0 saturated carbocycles. The third-order valence-corrected chi connectivity index (χ3v) is 4.41. The smallest absolute Gasteiger partial charge is 0.246 e. The van der Waals surface area contributed by atoms with Gasteiger partial charge in [0.15, 0.2) is 11.3 Å². The number of aryl methyl sites for hydroxylation is 1. The number of anilines is 2. The number of amides is 1. The summed E-state index contributed by atoms with van der Waals surface area (Å²) in [5.74, 6) is 0.596. The number of nitrogens with zero attached hydrogens (tertiary/aromatic N) is 2. The summed E-state index contributed by atoms with van der Waals surface area (Å²) in [6.07, 6.45) is 1.49. The highest BCUT2D eigenvalue weighted by atomic mass is 16.4. The van der Waals surface area contributed by atoms with Crippen molar-refractivity contribution in [2.45, 2.75) is 25.2 Å². The number of benzene rings is 1. The lowest BCUT2D eigenvalue weighted by molar-refractivity contribution is -0.118. The number of aromatic nitrogens is 1. The number of nitrogens with one attached hydrogen (secondary N) is 2. The Bertz CT molecular complexity index is 937. The molecule has 2 aromatic rings. The molecule has 7 nitrogen and oxygen atoms in total. The van der Waals surface area contributed by atoms with E-state index in [1.165, 1.54) is 0 Å². The van der Waals surface area contributed by atoms with E-state index in [2.05, 4.69) is 21.7 Å². The maximum atomic E-state index is 13.0. The van der Waals surface area contributed by atoms with Crippen LogP contribution in [0.1, 0.15) is 30.5 Å². The number of nitriles is 1. The van der Waals surface area contributed by atoms with Crippen LogP contribution < -0.4 is 16.4 Å². The highest BCUT2D eigenvalue weighted by Crippen LogP contribution is 2.52. The van der Waals surface area contributed by atoms with Gasteiger partial charge in [-0.15, -0.1) is 0 Å². The molecule has 0 fully saturated rings. The van der Waals surface area contributed by atoms with Crippen molar-refractivity contribution in [2.24, 2.45) is 5.73 Å². The van der Waals surface area contributed by atoms with Crippen molar-refractivity contribution >= 4 is 17.5 Å². The largest absolute Gasteiger partial charge is 0.425 e. The predicted molar refractivity (Wildman–Crippen MR) is 86.8 cm³/mol. The van der Waals surface area contributed by atoms with Gasteiger partial charge in [-0.3, -0.25) is 4.79 Å². The van der Waals surface area contributed by atoms with E-state index in [-0.39, 0.29) is 17.3 Å². The van der Waals surface area contributed by atoms with Crippen LogP contribution in [-0.2, 0) is 16.6 Å². The van der Waals surface area contributed by atoms with Crippen molar-refractivity contribution in [3.05, 3.63) is 52.8 Å². The van der Waals surface area contributed by atoms with Crippen molar-refractivity contribution in [1.29, 1.82) is 5.26 Å². The number of rotatable bonds is 2. The molecule has 2 aliphatic heterocycles. The van der Waals surface area contributed by atoms with Crippen molar-refractivity contribution in [3.63, 3.8) is 0 Å². The van der Waals surface area contributed by atoms with E-state index >= 15 is 0 Å². The summed E-state index contributed by atoms with van der Waals surface area (Å²) in [6, 6.07) is 9.33. The van der Waals surface area contributed by atoms with E-state index in [9.17, 15) is 10.1 Å². The van der Waals surface area contributed by atoms with Crippen LogP contribution in [0.2, 0.25) is 0 Å². The van der Waals surface area contributed by atoms with Gasteiger partial charge in [0, 0.05) is 17.7 Å². The summed E-state index contributed by atoms with van der Waals surface area (Å²) in [4.78, 5) is 17.5. The Morgan fingerprint density at radius 1 is 1.38 bits per heavy atom. The number of para-hydroxylation sites is 1. The van der Waals surface area contributed by atoms with Crippen LogP contribution in [0.25, 0.3) is 0 Å². The first kappa shape index (κ1) is 14.3. The monoisotopic (exact) mass is 321 g/mol. The third-order valence-electron chi connectivity index (χ3n) is 4.41. The van der Waals surface area contributed by atoms with Crippen molar-refractivity contribution in [2.75, 3.05) is 10.6 Å². The van der Waals surface area contributed by atoms with E-state index in [4.69, 9.17) is 10.2 Å². The molecule has 1 amide bonds. The second-order valence-corrected chi connectivity index (χ2v) is 5.81. The Hall–Kier alpha value is -3.27. The summed E-state index contributed by atoms with van der Waals surface area (Å²) in [5.41, 5.74) is 6.50. The Morgan fingerprint density at radius 3 is 2.92 bits per heavy atom. The topological polar surface area (TPSA) is 117 Å². The van der Waals surface area contributed by atoms with Gasteiger partial charge in [0.2, 0.25) is 11.8 Å². The summed E-state index contributed by atoms with van der Waals surface area (Å²) in [6.45, 7) is 2.01. The van der Waals surface area contributed by atoms with Crippen LogP contribution in [0.3, 0.4) is 0 Å². The van der Waals surface area contributed by atoms with E-state index in [0.29, 0.717) is 35.1 Å². The van der Waals surface area contributed by atoms with Gasteiger partial charge in [0.25, 0.3) is 0 Å². The molecule has 1 unspecified atom stereocenters. The average molecular weight is 321 g/mol. The molecular formula is C17H15N5O2. The second kappa shape index (κ2) is 4.86. The normalized spacial score (nSPS) is 21.1. The molecule has 120 valence electrons. The zero-order valence-electron chi connectivity index (χ0n) is 13.0. The quantitative estimate of drug-likeness (QED) is 0.778. The number of nitrogens with two attached hydrogens (primary N) is 1. The second-order valence-electron chi connectivity index (χ2n) is 5.81. The number of fused-ring (bicyclic) bond motifs is 4. The minimum Gasteiger partial charge on any atom is -0.425 e. The molecule has 1 aromatic carbocycles. The first-order chi connectivity index (χ1) is 11.6. The Morgan fingerprint density at radius 2 is 2.17 bits per heavy atom. The average Bonchev–Trinajstić information content (AvgIpc) is 3.08. The van der Waals surface area contributed by atoms with Crippen molar-refractivity contribution < 1.29 is 9.21 Å². The van der Waals surface area contributed by atoms with Crippen LogP contribution in [0.4, 0.5) is 11.6 Å². The fourth-order valence-electron chi connectivity index (χ4n) is 3.41. The SMILES string of the molecule is CCCc1nc2c(o1)NC(N)=C(C#N)C21C(=O)Nc2ccccc21. The zero-order chi connectivity index (χ0) is 16.9. The lowest BCUT2D eigenvalue weighted by Crippen LogP contribution is -2.43. The molecule has 1 aromatic heterocycles. The van der Waals surface area contributed by atoms with Crippen molar-refractivity contribution in [1.82, 2.24) is 4.98 Å². The zero-order valence-corrected chi connectivity index (χ0v) is 13.0. The molecule has 7 heteroatoms. The minimum absolute atomic E-state index is 0.107. The molecule has 24 heavy (non-hydrogen) atoms. The first-order valence-corrected chi connectivity index (χ1v) is 7.71. The summed E-state index contributed by atoms with van der Waals surface area (Å²) in [7, 11) is 0. The van der Waals surface area contributed by atoms with Gasteiger partial charge in [-0.2, -0.15) is 5.26 Å². The van der Waals surface area contributed by atoms with Gasteiger partial charge < -0.3 is 20.8 Å². The standard InChI is InChI=1S/C17H15N5O2/c1-2-5-12-21-13-15(24-12)22-14(19)10(8-18)17(13)9-6-3-4-7-11(9)20-16(17)23/h3-4,6-7,22H,2,5,19H2,1H3,(H,20,23). The lowest BCUT2D eigenvalue weighted by atomic mass is 9.71. The summed E-state index contributed by atoms with van der Waals surface area (Å²) >= 11 is 0. The van der Waals surface area contributed by atoms with E-state index in [0.717, 1.165) is 6.42 Å². The maximum Gasteiger partial charge on any atom is 0.246 e. The lowest BCUT2D eigenvalue weighted by Gasteiger charge is -2.30. The molecule has 2 aliphatic rings. The van der Waals surface area contributed by atoms with Gasteiger partial charge >= 0.3 is 0 Å². The highest BCUT2D eigenvalue weighted by molar-refractivity contribution is 6.12. The number of carbonyl (C=O) groups excluding carboxylic acids is 1. The van der Waals surface area contributed by atoms with Crippen LogP contribution in [0, 0.1) is 11.3 Å². The minimum atomic E-state index is -1.37. The molecule has 0 aliphatic carbocycles. The Kier molecular flexibility index (Phi) is 2.90. The van der Waals surface area contributed by atoms with Crippen LogP contribution >= 0.6 is 0 Å². The predicted octanol–water partition coefficient (Wildman–Crippen LogP) is 1.98. The molecule has 4 N–H and O–H groups in total. The van der Waals surface area contributed by atoms with Crippen LogP contribution in [-0.4, -0.2) is 10.9 Å². The molecule has 1 spiro atoms. The van der Waals surface area contributed by atoms with E-state index in [1.54, 1.807) is 12.1 Å². The third kappa shape index (κ3) is 1.60. The van der Waals surface area contributed by atoms with Gasteiger partial charge in [-0.05, 0) is 12.5 Å². The van der Waals surface area contributed by atoms with Crippen LogP contribution in [0.5, 0.6) is 0 Å². The fourth-order valence-corrected chi connectivity index (χ4v) is 3.41. The molecule has 0 saturated heterocycles. The number of carbonyl (C=O) groups is 1. The molecular weight excluding hydrogens is 306 g/mol. The first-order valence-electron chi connectivity index (χ1n) is 7.71. The fraction of sp³-hybridized carbons (Fsp3) is 0.235. The summed E-state index contributed by atoms with van der Waals surface area (Å²) in [5, 5.41) is 15.4. The molecule has 3 heterocycles. The number of hydrogen-bond acceptors (Lipinski definition) is 6. The van der Waals surface area contributed by atoms with Crippen LogP contribution in [0.15, 0.2) is 40.1 Å². The number of oxazole rings is 1. The van der Waals surface area contributed by atoms with Gasteiger partial charge in [0.05, 0.1) is 5.57 Å². The van der Waals surface area contributed by atoms with Crippen molar-refractivity contribution in [3.8, 4) is 6.07 Å². The van der Waals surface area contributed by atoms with E-state index in [1.807, 2.05) is 19.1 Å². The van der Waals surface area contributed by atoms with Gasteiger partial charge in [-0.1, -0.05) is 25.1 Å².